The van der Waals surface area contributed by atoms with E-state index in [-0.39, 0.29) is 19.0 Å². The minimum Gasteiger partial charge on any atom is -0.477 e. The molecule has 0 saturated heterocycles. The molecule has 3 N–H and O–H groups in total. The summed E-state index contributed by atoms with van der Waals surface area (Å²) in [6.45, 7) is -0.459. The van der Waals surface area contributed by atoms with Crippen LogP contribution in [-0.4, -0.2) is 28.2 Å². The molecule has 17 heavy (non-hydrogen) atoms. The largest absolute Gasteiger partial charge is 0.477 e. The Morgan fingerprint density at radius 3 is 2.94 bits per heavy atom. The molecular formula is C10H10N2O5. The van der Waals surface area contributed by atoms with Crippen LogP contribution in [0.2, 0.25) is 0 Å². The summed E-state index contributed by atoms with van der Waals surface area (Å²) in [6.07, 6.45) is 1.43. The molecule has 0 fully saturated rings. The molecule has 0 aromatic carbocycles. The first-order valence-corrected chi connectivity index (χ1v) is 4.79. The number of carboxylic acids is 1. The minimum absolute atomic E-state index is 0.0100. The maximum absolute atomic E-state index is 11.0. The number of ether oxygens (including phenoxy) is 1. The van der Waals surface area contributed by atoms with Gasteiger partial charge in [0.25, 0.3) is 0 Å². The van der Waals surface area contributed by atoms with Crippen LogP contribution in [-0.2, 0) is 16.3 Å². The van der Waals surface area contributed by atoms with Gasteiger partial charge in [-0.1, -0.05) is 0 Å². The summed E-state index contributed by atoms with van der Waals surface area (Å²) < 4.78 is 11.2. The van der Waals surface area contributed by atoms with E-state index in [1.54, 1.807) is 6.07 Å². The Hall–Kier alpha value is -2.28. The summed E-state index contributed by atoms with van der Waals surface area (Å²) >= 11 is 0. The molecule has 2 heterocycles. The highest BCUT2D eigenvalue weighted by Crippen LogP contribution is 2.21. The highest BCUT2D eigenvalue weighted by atomic mass is 16.5. The van der Waals surface area contributed by atoms with Gasteiger partial charge in [0.1, 0.15) is 5.69 Å². The van der Waals surface area contributed by atoms with Gasteiger partial charge in [-0.2, -0.15) is 0 Å². The van der Waals surface area contributed by atoms with Crippen LogP contribution in [0.5, 0.6) is 0 Å². The highest BCUT2D eigenvalue weighted by Gasteiger charge is 2.17. The molecule has 2 aromatic rings. The predicted octanol–water partition coefficient (Wildman–Crippen LogP) is 0.392. The predicted molar refractivity (Wildman–Crippen MR) is 56.3 cm³/mol. The average molecular weight is 238 g/mol. The average Bonchev–Trinajstić information content (AvgIpc) is 2.85. The Morgan fingerprint density at radius 2 is 2.29 bits per heavy atom. The van der Waals surface area contributed by atoms with Crippen molar-refractivity contribution < 1.29 is 23.8 Å². The van der Waals surface area contributed by atoms with Gasteiger partial charge in [0, 0.05) is 12.1 Å². The van der Waals surface area contributed by atoms with E-state index in [9.17, 15) is 9.59 Å². The summed E-state index contributed by atoms with van der Waals surface area (Å²) in [5.74, 6) is -1.73. The summed E-state index contributed by atoms with van der Waals surface area (Å²) in [4.78, 5) is 21.9. The van der Waals surface area contributed by atoms with E-state index in [1.165, 1.54) is 16.9 Å². The number of fused-ring (bicyclic) bond motifs is 1. The number of nitrogens with zero attached hydrogens (tertiary/aromatic N) is 1. The third-order valence-electron chi connectivity index (χ3n) is 2.26. The SMILES string of the molecule is NCC(=O)OCn1c(C(=O)O)cc2occc21. The number of furan rings is 1. The first-order valence-electron chi connectivity index (χ1n) is 4.79. The van der Waals surface area contributed by atoms with Crippen LogP contribution in [0.4, 0.5) is 0 Å². The fourth-order valence-corrected chi connectivity index (χ4v) is 1.49. The first-order chi connectivity index (χ1) is 8.13. The molecule has 0 radical (unpaired) electrons. The molecule has 2 aromatic heterocycles. The Morgan fingerprint density at radius 1 is 1.53 bits per heavy atom. The van der Waals surface area contributed by atoms with Crippen LogP contribution >= 0.6 is 0 Å². The minimum atomic E-state index is -1.12. The van der Waals surface area contributed by atoms with Gasteiger partial charge in [0.05, 0.1) is 18.3 Å². The second kappa shape index (κ2) is 4.30. The fourth-order valence-electron chi connectivity index (χ4n) is 1.49. The second-order valence-electron chi connectivity index (χ2n) is 3.28. The van der Waals surface area contributed by atoms with Gasteiger partial charge in [0.15, 0.2) is 12.3 Å². The molecule has 0 aliphatic carbocycles. The van der Waals surface area contributed by atoms with E-state index < -0.39 is 11.9 Å². The van der Waals surface area contributed by atoms with Gasteiger partial charge in [0.2, 0.25) is 0 Å². The highest BCUT2D eigenvalue weighted by molar-refractivity contribution is 5.92. The summed E-state index contributed by atoms with van der Waals surface area (Å²) in [7, 11) is 0. The zero-order valence-corrected chi connectivity index (χ0v) is 8.75. The van der Waals surface area contributed by atoms with Crippen LogP contribution < -0.4 is 5.73 Å². The number of aromatic nitrogens is 1. The lowest BCUT2D eigenvalue weighted by atomic mass is 10.4. The first kappa shape index (κ1) is 11.2. The van der Waals surface area contributed by atoms with E-state index in [4.69, 9.17) is 20.0 Å². The van der Waals surface area contributed by atoms with Crippen molar-refractivity contribution in [3.8, 4) is 0 Å². The Labute approximate surface area is 95.4 Å². The van der Waals surface area contributed by atoms with Crippen molar-refractivity contribution in [3.63, 3.8) is 0 Å². The number of hydrogen-bond donors (Lipinski definition) is 2. The van der Waals surface area contributed by atoms with Crippen molar-refractivity contribution in [2.24, 2.45) is 5.73 Å². The maximum atomic E-state index is 11.0. The second-order valence-corrected chi connectivity index (χ2v) is 3.28. The van der Waals surface area contributed by atoms with Gasteiger partial charge < -0.3 is 20.0 Å². The third-order valence-corrected chi connectivity index (χ3v) is 2.26. The van der Waals surface area contributed by atoms with Crippen molar-refractivity contribution in [3.05, 3.63) is 24.1 Å². The zero-order chi connectivity index (χ0) is 12.4. The Bertz CT molecular complexity index is 568. The van der Waals surface area contributed by atoms with Crippen LogP contribution in [0, 0.1) is 0 Å². The fraction of sp³-hybridized carbons (Fsp3) is 0.200. The summed E-state index contributed by atoms with van der Waals surface area (Å²) in [5.41, 5.74) is 6.04. The van der Waals surface area contributed by atoms with Gasteiger partial charge in [-0.25, -0.2) is 4.79 Å². The molecule has 0 saturated carbocycles. The van der Waals surface area contributed by atoms with Crippen LogP contribution in [0.15, 0.2) is 22.8 Å². The number of carboxylic acid groups (broad SMARTS) is 1. The van der Waals surface area contributed by atoms with Crippen LogP contribution in [0.25, 0.3) is 11.1 Å². The van der Waals surface area contributed by atoms with Crippen molar-refractivity contribution >= 4 is 23.0 Å². The smallest absolute Gasteiger partial charge is 0.352 e. The van der Waals surface area contributed by atoms with Gasteiger partial charge >= 0.3 is 11.9 Å². The lowest BCUT2D eigenvalue weighted by Gasteiger charge is -2.07. The standard InChI is InChI=1S/C10H10N2O5/c11-4-9(13)17-5-12-6-1-2-16-8(6)3-7(12)10(14)15/h1-3H,4-5,11H2,(H,14,15). The van der Waals surface area contributed by atoms with Gasteiger partial charge in [-0.3, -0.25) is 9.36 Å². The zero-order valence-electron chi connectivity index (χ0n) is 8.75. The molecule has 0 amide bonds. The van der Waals surface area contributed by atoms with E-state index >= 15 is 0 Å². The van der Waals surface area contributed by atoms with Crippen molar-refractivity contribution in [2.75, 3.05) is 6.54 Å². The van der Waals surface area contributed by atoms with E-state index in [2.05, 4.69) is 0 Å². The number of aromatic carboxylic acids is 1. The molecule has 0 atom stereocenters. The lowest BCUT2D eigenvalue weighted by Crippen LogP contribution is -2.19. The topological polar surface area (TPSA) is 108 Å². The summed E-state index contributed by atoms with van der Waals surface area (Å²) in [6, 6.07) is 2.96. The molecule has 2 rings (SSSR count). The Balaban J connectivity index is 2.35. The normalized spacial score (nSPS) is 10.6. The van der Waals surface area contributed by atoms with Crippen molar-refractivity contribution in [1.29, 1.82) is 0 Å². The molecule has 0 spiro atoms. The number of rotatable bonds is 4. The number of nitrogens with two attached hydrogens (primary N) is 1. The van der Waals surface area contributed by atoms with E-state index in [1.807, 2.05) is 0 Å². The van der Waals surface area contributed by atoms with Crippen molar-refractivity contribution in [1.82, 2.24) is 4.57 Å². The molecular weight excluding hydrogens is 228 g/mol. The van der Waals surface area contributed by atoms with Crippen molar-refractivity contribution in [2.45, 2.75) is 6.73 Å². The Kier molecular flexibility index (Phi) is 2.84. The number of hydrogen-bond acceptors (Lipinski definition) is 5. The van der Waals surface area contributed by atoms with Crippen LogP contribution in [0.1, 0.15) is 10.5 Å². The molecule has 0 unspecified atom stereocenters. The van der Waals surface area contributed by atoms with Gasteiger partial charge in [-0.05, 0) is 0 Å². The van der Waals surface area contributed by atoms with Gasteiger partial charge in [-0.15, -0.1) is 0 Å². The van der Waals surface area contributed by atoms with E-state index in [0.29, 0.717) is 11.1 Å². The number of esters is 1. The number of carbonyl (C=O) groups excluding carboxylic acids is 1. The maximum Gasteiger partial charge on any atom is 0.352 e. The van der Waals surface area contributed by atoms with E-state index in [0.717, 1.165) is 0 Å². The third kappa shape index (κ3) is 2.00. The molecule has 0 bridgehead atoms. The lowest BCUT2D eigenvalue weighted by molar-refractivity contribution is -0.145. The van der Waals surface area contributed by atoms with Crippen LogP contribution in [0.3, 0.4) is 0 Å². The summed E-state index contributed by atoms with van der Waals surface area (Å²) in [5, 5.41) is 8.98. The molecule has 90 valence electrons. The molecule has 0 aliphatic heterocycles. The monoisotopic (exact) mass is 238 g/mol. The quantitative estimate of drug-likeness (QED) is 0.746. The molecule has 7 heteroatoms. The molecule has 0 aliphatic rings. The molecule has 7 nitrogen and oxygen atoms in total. The number of carbonyl (C=O) groups is 2.